The second kappa shape index (κ2) is 7.06. The van der Waals surface area contributed by atoms with E-state index in [1.54, 1.807) is 24.3 Å². The molecule has 2 N–H and O–H groups in total. The van der Waals surface area contributed by atoms with E-state index in [0.29, 0.717) is 12.3 Å². The van der Waals surface area contributed by atoms with Crippen LogP contribution < -0.4 is 5.32 Å². The molecule has 1 rings (SSSR count). The third kappa shape index (κ3) is 4.19. The van der Waals surface area contributed by atoms with Crippen molar-refractivity contribution in [3.8, 4) is 0 Å². The van der Waals surface area contributed by atoms with Crippen molar-refractivity contribution in [2.75, 3.05) is 26.0 Å². The molecule has 0 aliphatic carbocycles. The van der Waals surface area contributed by atoms with Crippen LogP contribution >= 0.6 is 0 Å². The highest BCUT2D eigenvalue weighted by Crippen LogP contribution is 2.19. The van der Waals surface area contributed by atoms with Crippen LogP contribution in [-0.4, -0.2) is 44.6 Å². The molecule has 1 unspecified atom stereocenters. The Kier molecular flexibility index (Phi) is 5.98. The molecule has 1 atom stereocenters. The van der Waals surface area contributed by atoms with Crippen molar-refractivity contribution in [3.63, 3.8) is 0 Å². The summed E-state index contributed by atoms with van der Waals surface area (Å²) in [5.74, 6) is 0.382. The molecule has 0 heterocycles. The molecule has 0 saturated heterocycles. The third-order valence-electron chi connectivity index (χ3n) is 3.23. The quantitative estimate of drug-likeness (QED) is 0.805. The summed E-state index contributed by atoms with van der Waals surface area (Å²) in [6, 6.07) is 6.85. The highest BCUT2D eigenvalue weighted by Gasteiger charge is 2.17. The minimum atomic E-state index is -3.38. The standard InChI is InChI=1S/C14H24N2O3S/c1-11(2)14(9-10-17)15-12-5-7-13(8-6-12)20(18,19)16(3)4/h5-8,11,14-15,17H,9-10H2,1-4H3. The molecule has 0 saturated carbocycles. The Morgan fingerprint density at radius 3 is 2.15 bits per heavy atom. The van der Waals surface area contributed by atoms with Crippen molar-refractivity contribution in [1.29, 1.82) is 0 Å². The molecule has 0 bridgehead atoms. The normalized spacial score (nSPS) is 13.8. The summed E-state index contributed by atoms with van der Waals surface area (Å²) in [5, 5.41) is 12.4. The fraction of sp³-hybridized carbons (Fsp3) is 0.571. The largest absolute Gasteiger partial charge is 0.396 e. The first-order chi connectivity index (χ1) is 9.28. The third-order valence-corrected chi connectivity index (χ3v) is 5.06. The molecule has 0 aliphatic rings. The lowest BCUT2D eigenvalue weighted by molar-refractivity contribution is 0.267. The van der Waals surface area contributed by atoms with E-state index in [0.717, 1.165) is 5.69 Å². The molecule has 0 aliphatic heterocycles. The Labute approximate surface area is 121 Å². The second-order valence-corrected chi connectivity index (χ2v) is 7.47. The fourth-order valence-corrected chi connectivity index (χ4v) is 2.76. The van der Waals surface area contributed by atoms with Crippen molar-refractivity contribution in [2.24, 2.45) is 5.92 Å². The van der Waals surface area contributed by atoms with Crippen LogP contribution in [0.25, 0.3) is 0 Å². The molecular formula is C14H24N2O3S. The van der Waals surface area contributed by atoms with Crippen LogP contribution in [0.2, 0.25) is 0 Å². The predicted molar refractivity (Wildman–Crippen MR) is 81.3 cm³/mol. The molecule has 1 aromatic carbocycles. The number of aliphatic hydroxyl groups is 1. The summed E-state index contributed by atoms with van der Waals surface area (Å²) in [5.41, 5.74) is 0.856. The predicted octanol–water partition coefficient (Wildman–Crippen LogP) is 1.76. The summed E-state index contributed by atoms with van der Waals surface area (Å²) in [4.78, 5) is 0.274. The Hall–Kier alpha value is -1.11. The van der Waals surface area contributed by atoms with Gasteiger partial charge in [-0.1, -0.05) is 13.8 Å². The Bertz CT molecular complexity index is 510. The Morgan fingerprint density at radius 1 is 1.20 bits per heavy atom. The lowest BCUT2D eigenvalue weighted by atomic mass is 10.0. The van der Waals surface area contributed by atoms with Crippen LogP contribution in [0, 0.1) is 5.92 Å². The smallest absolute Gasteiger partial charge is 0.242 e. The van der Waals surface area contributed by atoms with Crippen molar-refractivity contribution >= 4 is 15.7 Å². The summed E-state index contributed by atoms with van der Waals surface area (Å²) in [6.07, 6.45) is 0.662. The summed E-state index contributed by atoms with van der Waals surface area (Å²) >= 11 is 0. The van der Waals surface area contributed by atoms with Gasteiger partial charge in [0.1, 0.15) is 0 Å². The van der Waals surface area contributed by atoms with Crippen molar-refractivity contribution in [1.82, 2.24) is 4.31 Å². The van der Waals surface area contributed by atoms with Gasteiger partial charge in [0.15, 0.2) is 0 Å². The number of aliphatic hydroxyl groups excluding tert-OH is 1. The van der Waals surface area contributed by atoms with Gasteiger partial charge in [0.25, 0.3) is 0 Å². The van der Waals surface area contributed by atoms with Gasteiger partial charge in [-0.25, -0.2) is 12.7 Å². The number of rotatable bonds is 7. The van der Waals surface area contributed by atoms with Crippen LogP contribution in [-0.2, 0) is 10.0 Å². The lowest BCUT2D eigenvalue weighted by Crippen LogP contribution is -2.27. The number of hydrogen-bond donors (Lipinski definition) is 2. The number of nitrogens with zero attached hydrogens (tertiary/aromatic N) is 1. The van der Waals surface area contributed by atoms with Crippen molar-refractivity contribution in [3.05, 3.63) is 24.3 Å². The molecule has 0 aromatic heterocycles. The fourth-order valence-electron chi connectivity index (χ4n) is 1.86. The van der Waals surface area contributed by atoms with Crippen LogP contribution in [0.4, 0.5) is 5.69 Å². The van der Waals surface area contributed by atoms with Crippen molar-refractivity contribution in [2.45, 2.75) is 31.2 Å². The zero-order chi connectivity index (χ0) is 15.3. The number of nitrogens with one attached hydrogen (secondary N) is 1. The van der Waals surface area contributed by atoms with Gasteiger partial charge in [-0.2, -0.15) is 0 Å². The van der Waals surface area contributed by atoms with Gasteiger partial charge < -0.3 is 10.4 Å². The zero-order valence-corrected chi connectivity index (χ0v) is 13.3. The van der Waals surface area contributed by atoms with Crippen LogP contribution in [0.1, 0.15) is 20.3 Å². The van der Waals surface area contributed by atoms with Gasteiger partial charge in [-0.05, 0) is 36.6 Å². The highest BCUT2D eigenvalue weighted by atomic mass is 32.2. The minimum Gasteiger partial charge on any atom is -0.396 e. The average molecular weight is 300 g/mol. The molecule has 114 valence electrons. The van der Waals surface area contributed by atoms with Gasteiger partial charge in [0.05, 0.1) is 4.90 Å². The van der Waals surface area contributed by atoms with Gasteiger partial charge >= 0.3 is 0 Å². The summed E-state index contributed by atoms with van der Waals surface area (Å²) < 4.78 is 25.1. The van der Waals surface area contributed by atoms with Crippen LogP contribution in [0.5, 0.6) is 0 Å². The number of anilines is 1. The first kappa shape index (κ1) is 16.9. The maximum Gasteiger partial charge on any atom is 0.242 e. The first-order valence-corrected chi connectivity index (χ1v) is 8.13. The van der Waals surface area contributed by atoms with Gasteiger partial charge in [-0.15, -0.1) is 0 Å². The van der Waals surface area contributed by atoms with E-state index in [1.165, 1.54) is 18.4 Å². The number of hydrogen-bond acceptors (Lipinski definition) is 4. The van der Waals surface area contributed by atoms with E-state index in [-0.39, 0.29) is 17.5 Å². The van der Waals surface area contributed by atoms with Gasteiger partial charge in [0.2, 0.25) is 10.0 Å². The van der Waals surface area contributed by atoms with E-state index >= 15 is 0 Å². The number of sulfonamides is 1. The second-order valence-electron chi connectivity index (χ2n) is 5.32. The first-order valence-electron chi connectivity index (χ1n) is 6.69. The maximum atomic E-state index is 11.9. The van der Waals surface area contributed by atoms with E-state index in [9.17, 15) is 8.42 Å². The Balaban J connectivity index is 2.86. The molecule has 0 amide bonds. The monoisotopic (exact) mass is 300 g/mol. The summed E-state index contributed by atoms with van der Waals surface area (Å²) in [7, 11) is -0.360. The van der Waals surface area contributed by atoms with Crippen LogP contribution in [0.15, 0.2) is 29.2 Å². The SMILES string of the molecule is CC(C)C(CCO)Nc1ccc(S(=O)(=O)N(C)C)cc1. The molecule has 5 nitrogen and oxygen atoms in total. The van der Waals surface area contributed by atoms with E-state index < -0.39 is 10.0 Å². The molecule has 20 heavy (non-hydrogen) atoms. The molecular weight excluding hydrogens is 276 g/mol. The minimum absolute atomic E-state index is 0.128. The molecule has 6 heteroatoms. The van der Waals surface area contributed by atoms with E-state index in [1.807, 2.05) is 0 Å². The Morgan fingerprint density at radius 2 is 1.75 bits per heavy atom. The highest BCUT2D eigenvalue weighted by molar-refractivity contribution is 7.89. The molecule has 0 spiro atoms. The number of benzene rings is 1. The zero-order valence-electron chi connectivity index (χ0n) is 12.5. The van der Waals surface area contributed by atoms with Crippen LogP contribution in [0.3, 0.4) is 0 Å². The average Bonchev–Trinajstić information content (AvgIpc) is 2.38. The lowest BCUT2D eigenvalue weighted by Gasteiger charge is -2.23. The summed E-state index contributed by atoms with van der Waals surface area (Å²) in [6.45, 7) is 4.29. The van der Waals surface area contributed by atoms with Gasteiger partial charge in [-0.3, -0.25) is 0 Å². The van der Waals surface area contributed by atoms with E-state index in [4.69, 9.17) is 5.11 Å². The van der Waals surface area contributed by atoms with Gasteiger partial charge in [0, 0.05) is 32.4 Å². The molecule has 1 aromatic rings. The topological polar surface area (TPSA) is 69.6 Å². The van der Waals surface area contributed by atoms with E-state index in [2.05, 4.69) is 19.2 Å². The van der Waals surface area contributed by atoms with Crippen molar-refractivity contribution < 1.29 is 13.5 Å². The molecule has 0 fully saturated rings. The maximum absolute atomic E-state index is 11.9. The molecule has 0 radical (unpaired) electrons.